The van der Waals surface area contributed by atoms with Gasteiger partial charge in [0.25, 0.3) is 0 Å². The van der Waals surface area contributed by atoms with Crippen LogP contribution in [0.3, 0.4) is 0 Å². The topological polar surface area (TPSA) is 37.8 Å². The minimum Gasteiger partial charge on any atom is -0.370 e. The number of hydrogen-bond acceptors (Lipinski definition) is 4. The molecule has 2 aromatic rings. The Bertz CT molecular complexity index is 543. The average Bonchev–Trinajstić information content (AvgIpc) is 2.54. The molecule has 4 heteroatoms. The second kappa shape index (κ2) is 8.67. The van der Waals surface area contributed by atoms with Crippen molar-refractivity contribution >= 4 is 17.6 Å². The van der Waals surface area contributed by atoms with Gasteiger partial charge in [0.15, 0.2) is 5.82 Å². The molecule has 1 aromatic heterocycles. The first-order valence-electron chi connectivity index (χ1n) is 7.64. The van der Waals surface area contributed by atoms with Crippen LogP contribution in [0.4, 0.5) is 5.82 Å². The lowest BCUT2D eigenvalue weighted by molar-refractivity contribution is 0.893. The predicted molar refractivity (Wildman–Crippen MR) is 91.9 cm³/mol. The molecule has 21 heavy (non-hydrogen) atoms. The Kier molecular flexibility index (Phi) is 6.54. The Hall–Kier alpha value is -1.55. The van der Waals surface area contributed by atoms with Gasteiger partial charge in [0.1, 0.15) is 10.8 Å². The third kappa shape index (κ3) is 5.05. The molecule has 0 aliphatic carbocycles. The van der Waals surface area contributed by atoms with E-state index in [1.165, 1.54) is 12.8 Å². The van der Waals surface area contributed by atoms with Crippen LogP contribution in [0.15, 0.2) is 41.4 Å². The van der Waals surface area contributed by atoms with Crippen LogP contribution in [0.25, 0.3) is 11.4 Å². The van der Waals surface area contributed by atoms with E-state index in [4.69, 9.17) is 4.98 Å². The predicted octanol–water partition coefficient (Wildman–Crippen LogP) is 4.86. The second-order valence-electron chi connectivity index (χ2n) is 4.91. The number of rotatable bonds is 8. The van der Waals surface area contributed by atoms with Crippen molar-refractivity contribution < 1.29 is 0 Å². The molecule has 0 amide bonds. The van der Waals surface area contributed by atoms with E-state index in [0.29, 0.717) is 0 Å². The van der Waals surface area contributed by atoms with Gasteiger partial charge in [0.05, 0.1) is 0 Å². The SMILES string of the molecule is CCCCSc1cc(NCCC)nc(-c2ccccc2)n1. The molecular formula is C17H23N3S. The molecule has 0 saturated carbocycles. The summed E-state index contributed by atoms with van der Waals surface area (Å²) in [5.41, 5.74) is 1.06. The summed E-state index contributed by atoms with van der Waals surface area (Å²) >= 11 is 1.81. The molecule has 1 aromatic carbocycles. The van der Waals surface area contributed by atoms with Crippen molar-refractivity contribution in [1.29, 1.82) is 0 Å². The molecule has 0 atom stereocenters. The molecule has 3 nitrogen and oxygen atoms in total. The van der Waals surface area contributed by atoms with Gasteiger partial charge in [0, 0.05) is 18.2 Å². The number of unbranched alkanes of at least 4 members (excludes halogenated alkanes) is 1. The lowest BCUT2D eigenvalue weighted by Gasteiger charge is -2.09. The van der Waals surface area contributed by atoms with Crippen molar-refractivity contribution in [3.05, 3.63) is 36.4 Å². The molecule has 0 bridgehead atoms. The highest BCUT2D eigenvalue weighted by Gasteiger charge is 2.07. The Morgan fingerprint density at radius 3 is 2.57 bits per heavy atom. The molecule has 0 fully saturated rings. The largest absolute Gasteiger partial charge is 0.370 e. The van der Waals surface area contributed by atoms with Crippen LogP contribution >= 0.6 is 11.8 Å². The van der Waals surface area contributed by atoms with Crippen molar-refractivity contribution in [1.82, 2.24) is 9.97 Å². The van der Waals surface area contributed by atoms with E-state index in [-0.39, 0.29) is 0 Å². The lowest BCUT2D eigenvalue weighted by Crippen LogP contribution is -2.04. The summed E-state index contributed by atoms with van der Waals surface area (Å²) in [7, 11) is 0. The van der Waals surface area contributed by atoms with Gasteiger partial charge in [-0.1, -0.05) is 50.6 Å². The van der Waals surface area contributed by atoms with Crippen molar-refractivity contribution in [2.45, 2.75) is 38.1 Å². The molecular weight excluding hydrogens is 278 g/mol. The van der Waals surface area contributed by atoms with E-state index in [0.717, 1.165) is 41.0 Å². The quantitative estimate of drug-likeness (QED) is 0.429. The molecule has 2 rings (SSSR count). The van der Waals surface area contributed by atoms with Gasteiger partial charge < -0.3 is 5.32 Å². The summed E-state index contributed by atoms with van der Waals surface area (Å²) < 4.78 is 0. The Labute approximate surface area is 131 Å². The van der Waals surface area contributed by atoms with Gasteiger partial charge in [-0.2, -0.15) is 0 Å². The first kappa shape index (κ1) is 15.8. The minimum absolute atomic E-state index is 0.802. The zero-order valence-corrected chi connectivity index (χ0v) is 13.6. The number of anilines is 1. The van der Waals surface area contributed by atoms with Gasteiger partial charge in [-0.25, -0.2) is 9.97 Å². The zero-order valence-electron chi connectivity index (χ0n) is 12.8. The average molecular weight is 301 g/mol. The summed E-state index contributed by atoms with van der Waals surface area (Å²) in [6.07, 6.45) is 3.51. The molecule has 0 saturated heterocycles. The summed E-state index contributed by atoms with van der Waals surface area (Å²) in [6, 6.07) is 12.2. The standard InChI is InChI=1S/C17H23N3S/c1-3-5-12-21-16-13-15(18-11-4-2)19-17(20-16)14-9-7-6-8-10-14/h6-10,13H,3-5,11-12H2,1-2H3,(H,18,19,20). The van der Waals surface area contributed by atoms with Gasteiger partial charge in [-0.3, -0.25) is 0 Å². The van der Waals surface area contributed by atoms with Gasteiger partial charge in [-0.05, 0) is 18.6 Å². The first-order valence-corrected chi connectivity index (χ1v) is 8.63. The van der Waals surface area contributed by atoms with Crippen LogP contribution in [0.5, 0.6) is 0 Å². The maximum absolute atomic E-state index is 4.70. The third-order valence-corrected chi connectivity index (χ3v) is 4.04. The normalized spacial score (nSPS) is 10.6. The van der Waals surface area contributed by atoms with E-state index >= 15 is 0 Å². The summed E-state index contributed by atoms with van der Waals surface area (Å²) in [5.74, 6) is 2.83. The minimum atomic E-state index is 0.802. The number of nitrogens with zero attached hydrogens (tertiary/aromatic N) is 2. The number of nitrogens with one attached hydrogen (secondary N) is 1. The fourth-order valence-corrected chi connectivity index (χ4v) is 2.87. The van der Waals surface area contributed by atoms with E-state index in [2.05, 4.69) is 42.3 Å². The molecule has 112 valence electrons. The number of hydrogen-bond donors (Lipinski definition) is 1. The van der Waals surface area contributed by atoms with E-state index in [1.807, 2.05) is 30.0 Å². The van der Waals surface area contributed by atoms with Crippen LogP contribution in [-0.4, -0.2) is 22.3 Å². The van der Waals surface area contributed by atoms with E-state index in [1.54, 1.807) is 0 Å². The van der Waals surface area contributed by atoms with Crippen LogP contribution in [0.2, 0.25) is 0 Å². The van der Waals surface area contributed by atoms with Crippen LogP contribution in [0.1, 0.15) is 33.1 Å². The maximum Gasteiger partial charge on any atom is 0.162 e. The summed E-state index contributed by atoms with van der Waals surface area (Å²) in [6.45, 7) is 5.30. The van der Waals surface area contributed by atoms with Crippen molar-refractivity contribution in [2.75, 3.05) is 17.6 Å². The second-order valence-corrected chi connectivity index (χ2v) is 6.03. The number of benzene rings is 1. The highest BCUT2D eigenvalue weighted by molar-refractivity contribution is 7.99. The fourth-order valence-electron chi connectivity index (χ4n) is 1.88. The van der Waals surface area contributed by atoms with E-state index < -0.39 is 0 Å². The van der Waals surface area contributed by atoms with Crippen LogP contribution < -0.4 is 5.32 Å². The van der Waals surface area contributed by atoms with Gasteiger partial charge >= 0.3 is 0 Å². The molecule has 1 N–H and O–H groups in total. The lowest BCUT2D eigenvalue weighted by atomic mass is 10.2. The molecule has 0 aliphatic rings. The zero-order chi connectivity index (χ0) is 14.9. The first-order chi connectivity index (χ1) is 10.3. The van der Waals surface area contributed by atoms with Crippen molar-refractivity contribution in [3.63, 3.8) is 0 Å². The Balaban J connectivity index is 2.23. The third-order valence-electron chi connectivity index (χ3n) is 3.04. The summed E-state index contributed by atoms with van der Waals surface area (Å²) in [4.78, 5) is 9.33. The number of thioether (sulfide) groups is 1. The highest BCUT2D eigenvalue weighted by atomic mass is 32.2. The molecule has 0 unspecified atom stereocenters. The van der Waals surface area contributed by atoms with Gasteiger partial charge in [-0.15, -0.1) is 11.8 Å². The fraction of sp³-hybridized carbons (Fsp3) is 0.412. The van der Waals surface area contributed by atoms with Crippen molar-refractivity contribution in [3.8, 4) is 11.4 Å². The monoisotopic (exact) mass is 301 g/mol. The summed E-state index contributed by atoms with van der Waals surface area (Å²) in [5, 5.41) is 4.42. The van der Waals surface area contributed by atoms with E-state index in [9.17, 15) is 0 Å². The molecule has 0 radical (unpaired) electrons. The molecule has 0 spiro atoms. The highest BCUT2D eigenvalue weighted by Crippen LogP contribution is 2.24. The molecule has 0 aliphatic heterocycles. The molecule has 1 heterocycles. The van der Waals surface area contributed by atoms with Crippen molar-refractivity contribution in [2.24, 2.45) is 0 Å². The Morgan fingerprint density at radius 2 is 1.86 bits per heavy atom. The van der Waals surface area contributed by atoms with Crippen LogP contribution in [0, 0.1) is 0 Å². The van der Waals surface area contributed by atoms with Gasteiger partial charge in [0.2, 0.25) is 0 Å². The Morgan fingerprint density at radius 1 is 1.05 bits per heavy atom. The number of aromatic nitrogens is 2. The smallest absolute Gasteiger partial charge is 0.162 e. The van der Waals surface area contributed by atoms with Crippen LogP contribution in [-0.2, 0) is 0 Å². The maximum atomic E-state index is 4.70.